The molecule has 0 spiro atoms. The van der Waals surface area contributed by atoms with Crippen LogP contribution in [0.1, 0.15) is 16.8 Å². The summed E-state index contributed by atoms with van der Waals surface area (Å²) in [4.78, 5) is 17.2. The van der Waals surface area contributed by atoms with E-state index in [-0.39, 0.29) is 24.8 Å². The van der Waals surface area contributed by atoms with Crippen molar-refractivity contribution in [3.8, 4) is 0 Å². The van der Waals surface area contributed by atoms with E-state index in [4.69, 9.17) is 11.6 Å². The molecule has 1 aliphatic heterocycles. The Morgan fingerprint density at radius 3 is 2.62 bits per heavy atom. The highest BCUT2D eigenvalue weighted by Gasteiger charge is 2.18. The summed E-state index contributed by atoms with van der Waals surface area (Å²) in [5.41, 5.74) is 4.00. The number of hydrogen-bond acceptors (Lipinski definition) is 9. The lowest BCUT2D eigenvalue weighted by Crippen LogP contribution is -2.27. The topological polar surface area (TPSA) is 125 Å². The third kappa shape index (κ3) is 6.23. The maximum atomic E-state index is 11.9. The summed E-state index contributed by atoms with van der Waals surface area (Å²) in [7, 11) is -2.05. The molecule has 0 fully saturated rings. The predicted molar refractivity (Wildman–Crippen MR) is 137 cm³/mol. The molecule has 10 nitrogen and oxygen atoms in total. The number of halogens is 2. The minimum absolute atomic E-state index is 0. The van der Waals surface area contributed by atoms with E-state index in [0.717, 1.165) is 42.2 Å². The average Bonchev–Trinajstić information content (AvgIpc) is 3.03. The first-order chi connectivity index (χ1) is 15.8. The van der Waals surface area contributed by atoms with Gasteiger partial charge in [0, 0.05) is 25.1 Å². The molecule has 0 aliphatic carbocycles. The van der Waals surface area contributed by atoms with Crippen molar-refractivity contribution >= 4 is 57.3 Å². The molecule has 0 saturated heterocycles. The molecule has 13 heteroatoms. The molecule has 34 heavy (non-hydrogen) atoms. The maximum Gasteiger partial charge on any atom is 0.233 e. The van der Waals surface area contributed by atoms with Crippen molar-refractivity contribution in [3.05, 3.63) is 58.6 Å². The lowest BCUT2D eigenvalue weighted by Gasteiger charge is -2.18. The molecule has 3 aromatic rings. The SMILES string of the molecule is CN(c1nccnc1CNc1nc(Nc2ccc3c(c2)CCNCC3)ncc1Cl)S(C)(=O)=O.Cl. The molecule has 0 radical (unpaired) electrons. The van der Waals surface area contributed by atoms with E-state index in [2.05, 4.69) is 48.0 Å². The van der Waals surface area contributed by atoms with Crippen molar-refractivity contribution in [2.24, 2.45) is 0 Å². The third-order valence-electron chi connectivity index (χ3n) is 5.32. The first-order valence-corrected chi connectivity index (χ1v) is 12.6. The molecule has 2 aromatic heterocycles. The molecular formula is C21H26Cl2N8O2S. The Morgan fingerprint density at radius 1 is 1.12 bits per heavy atom. The number of aromatic nitrogens is 4. The molecule has 0 unspecified atom stereocenters. The lowest BCUT2D eigenvalue weighted by molar-refractivity contribution is 0.599. The summed E-state index contributed by atoms with van der Waals surface area (Å²) in [5.74, 6) is 1.02. The van der Waals surface area contributed by atoms with Gasteiger partial charge in [-0.2, -0.15) is 4.98 Å². The van der Waals surface area contributed by atoms with Gasteiger partial charge in [-0.3, -0.25) is 9.29 Å². The Morgan fingerprint density at radius 2 is 1.85 bits per heavy atom. The highest BCUT2D eigenvalue weighted by molar-refractivity contribution is 7.92. The van der Waals surface area contributed by atoms with Gasteiger partial charge < -0.3 is 16.0 Å². The van der Waals surface area contributed by atoms with Crippen LogP contribution in [0, 0.1) is 0 Å². The summed E-state index contributed by atoms with van der Waals surface area (Å²) >= 11 is 6.29. The second-order valence-corrected chi connectivity index (χ2v) is 10.1. The Kier molecular flexibility index (Phi) is 8.47. The summed E-state index contributed by atoms with van der Waals surface area (Å²) in [6.07, 6.45) is 7.54. The van der Waals surface area contributed by atoms with E-state index < -0.39 is 10.0 Å². The largest absolute Gasteiger partial charge is 0.363 e. The number of benzene rings is 1. The number of sulfonamides is 1. The Balaban J connectivity index is 0.00000324. The number of fused-ring (bicyclic) bond motifs is 1. The molecule has 3 N–H and O–H groups in total. The van der Waals surface area contributed by atoms with Gasteiger partial charge >= 0.3 is 0 Å². The second kappa shape index (κ2) is 11.1. The third-order valence-corrected chi connectivity index (χ3v) is 6.76. The highest BCUT2D eigenvalue weighted by Crippen LogP contribution is 2.25. The van der Waals surface area contributed by atoms with Crippen molar-refractivity contribution in [2.75, 3.05) is 41.3 Å². The molecule has 182 valence electrons. The monoisotopic (exact) mass is 524 g/mol. The summed E-state index contributed by atoms with van der Waals surface area (Å²) in [5, 5.41) is 10.1. The van der Waals surface area contributed by atoms with E-state index in [1.807, 2.05) is 6.07 Å². The number of hydrogen-bond donors (Lipinski definition) is 3. The van der Waals surface area contributed by atoms with Crippen LogP contribution in [0.15, 0.2) is 36.8 Å². The fraction of sp³-hybridized carbons (Fsp3) is 0.333. The van der Waals surface area contributed by atoms with E-state index in [0.29, 0.717) is 22.5 Å². The fourth-order valence-electron chi connectivity index (χ4n) is 3.50. The van der Waals surface area contributed by atoms with Crippen molar-refractivity contribution in [3.63, 3.8) is 0 Å². The smallest absolute Gasteiger partial charge is 0.233 e. The van der Waals surface area contributed by atoms with E-state index in [9.17, 15) is 8.42 Å². The fourth-order valence-corrected chi connectivity index (χ4v) is 4.13. The van der Waals surface area contributed by atoms with Crippen LogP contribution in [0.4, 0.5) is 23.3 Å². The zero-order valence-corrected chi connectivity index (χ0v) is 21.1. The molecule has 3 heterocycles. The van der Waals surface area contributed by atoms with Gasteiger partial charge in [0.2, 0.25) is 16.0 Å². The number of anilines is 4. The zero-order chi connectivity index (χ0) is 23.4. The van der Waals surface area contributed by atoms with Crippen LogP contribution in [0.5, 0.6) is 0 Å². The van der Waals surface area contributed by atoms with Gasteiger partial charge in [0.25, 0.3) is 0 Å². The second-order valence-electron chi connectivity index (χ2n) is 7.66. The standard InChI is InChI=1S/C21H25ClN8O2S.ClH/c1-30(33(2,31)32)20-18(24-9-10-25-20)13-26-19-17(22)12-27-21(29-19)28-16-4-3-14-5-7-23-8-6-15(14)11-16;/h3-4,9-12,23H,5-8,13H2,1-2H3,(H2,26,27,28,29);1H. The van der Waals surface area contributed by atoms with Crippen LogP contribution in [0.3, 0.4) is 0 Å². The van der Waals surface area contributed by atoms with Crippen LogP contribution < -0.4 is 20.3 Å². The van der Waals surface area contributed by atoms with E-state index in [1.54, 1.807) is 0 Å². The van der Waals surface area contributed by atoms with Gasteiger partial charge in [0.15, 0.2) is 11.6 Å². The molecule has 0 atom stereocenters. The molecule has 0 bridgehead atoms. The van der Waals surface area contributed by atoms with E-state index in [1.165, 1.54) is 36.8 Å². The number of nitrogens with zero attached hydrogens (tertiary/aromatic N) is 5. The Hall–Kier alpha value is -2.73. The van der Waals surface area contributed by atoms with Gasteiger partial charge in [0.05, 0.1) is 19.0 Å². The van der Waals surface area contributed by atoms with Crippen LogP contribution in [0.25, 0.3) is 0 Å². The predicted octanol–water partition coefficient (Wildman–Crippen LogP) is 2.78. The van der Waals surface area contributed by atoms with Crippen molar-refractivity contribution in [1.82, 2.24) is 25.3 Å². The Bertz CT molecular complexity index is 1260. The normalized spacial score (nSPS) is 13.3. The van der Waals surface area contributed by atoms with Crippen LogP contribution in [0.2, 0.25) is 5.02 Å². The minimum Gasteiger partial charge on any atom is -0.363 e. The van der Waals surface area contributed by atoms with Crippen LogP contribution in [-0.4, -0.2) is 54.7 Å². The van der Waals surface area contributed by atoms with Crippen LogP contribution >= 0.6 is 24.0 Å². The van der Waals surface area contributed by atoms with Gasteiger partial charge in [0.1, 0.15) is 10.7 Å². The molecule has 1 aliphatic rings. The van der Waals surface area contributed by atoms with Crippen molar-refractivity contribution in [2.45, 2.75) is 19.4 Å². The zero-order valence-electron chi connectivity index (χ0n) is 18.7. The molecule has 1 aromatic carbocycles. The number of nitrogens with one attached hydrogen (secondary N) is 3. The average molecular weight is 525 g/mol. The van der Waals surface area contributed by atoms with Gasteiger partial charge in [-0.25, -0.2) is 18.4 Å². The van der Waals surface area contributed by atoms with Gasteiger partial charge in [-0.05, 0) is 49.2 Å². The molecule has 4 rings (SSSR count). The lowest BCUT2D eigenvalue weighted by atomic mass is 10.0. The van der Waals surface area contributed by atoms with Crippen molar-refractivity contribution < 1.29 is 8.42 Å². The summed E-state index contributed by atoms with van der Waals surface area (Å²) < 4.78 is 24.9. The van der Waals surface area contributed by atoms with Crippen LogP contribution in [-0.2, 0) is 29.4 Å². The first-order valence-electron chi connectivity index (χ1n) is 10.4. The summed E-state index contributed by atoms with van der Waals surface area (Å²) in [6.45, 7) is 2.12. The van der Waals surface area contributed by atoms with Gasteiger partial charge in [-0.1, -0.05) is 17.7 Å². The quantitative estimate of drug-likeness (QED) is 0.427. The van der Waals surface area contributed by atoms with E-state index >= 15 is 0 Å². The molecular weight excluding hydrogens is 499 g/mol. The Labute approximate surface area is 210 Å². The molecule has 0 amide bonds. The summed E-state index contributed by atoms with van der Waals surface area (Å²) in [6, 6.07) is 6.27. The van der Waals surface area contributed by atoms with Crippen molar-refractivity contribution in [1.29, 1.82) is 0 Å². The highest BCUT2D eigenvalue weighted by atomic mass is 35.5. The molecule has 0 saturated carbocycles. The maximum absolute atomic E-state index is 11.9. The number of rotatable bonds is 7. The van der Waals surface area contributed by atoms with Gasteiger partial charge in [-0.15, -0.1) is 12.4 Å². The minimum atomic E-state index is -3.48. The first kappa shape index (κ1) is 25.9.